The van der Waals surface area contributed by atoms with Crippen LogP contribution in [0.1, 0.15) is 5.56 Å². The van der Waals surface area contributed by atoms with Gasteiger partial charge in [0.25, 0.3) is 0 Å². The van der Waals surface area contributed by atoms with Gasteiger partial charge in [0, 0.05) is 4.47 Å². The van der Waals surface area contributed by atoms with E-state index in [0.29, 0.717) is 0 Å². The molecule has 0 fully saturated rings. The molecule has 0 bridgehead atoms. The molecule has 0 radical (unpaired) electrons. The number of rotatable bonds is 0. The summed E-state index contributed by atoms with van der Waals surface area (Å²) in [7, 11) is 0. The zero-order valence-corrected chi connectivity index (χ0v) is 8.41. The third-order valence-corrected chi connectivity index (χ3v) is 1.54. The molecule has 0 atom stereocenters. The van der Waals surface area contributed by atoms with Gasteiger partial charge < -0.3 is 18.6 Å². The van der Waals surface area contributed by atoms with Gasteiger partial charge in [0.2, 0.25) is 0 Å². The van der Waals surface area contributed by atoms with Crippen LogP contribution in [0.15, 0.2) is 28.7 Å². The molecule has 10 heavy (non-hydrogen) atoms. The minimum Gasteiger partial charge on any atom is -1.00 e. The van der Waals surface area contributed by atoms with E-state index in [-0.39, 0.29) is 18.6 Å². The first kappa shape index (κ1) is 12.6. The Morgan fingerprint density at radius 1 is 1.10 bits per heavy atom. The smallest absolute Gasteiger partial charge is 0.0175 e. The van der Waals surface area contributed by atoms with Crippen LogP contribution in [0.4, 0.5) is 0 Å². The highest BCUT2D eigenvalue weighted by Gasteiger charge is 1.81. The number of halogens is 2. The summed E-state index contributed by atoms with van der Waals surface area (Å²) in [6.07, 6.45) is 0. The first-order valence-electron chi connectivity index (χ1n) is 2.51. The lowest BCUT2D eigenvalue weighted by atomic mass is 10.2. The van der Waals surface area contributed by atoms with Crippen LogP contribution in [0.3, 0.4) is 0 Å². The Balaban J connectivity index is 0. The minimum atomic E-state index is 0. The van der Waals surface area contributed by atoms with Crippen molar-refractivity contribution in [2.24, 2.45) is 0 Å². The highest BCUT2D eigenvalue weighted by molar-refractivity contribution is 9.10. The molecule has 1 aromatic rings. The fraction of sp³-hybridized carbons (Fsp3) is 0.143. The van der Waals surface area contributed by atoms with Crippen molar-refractivity contribution >= 4 is 15.9 Å². The van der Waals surface area contributed by atoms with Gasteiger partial charge in [-0.15, -0.1) is 0 Å². The first-order valence-corrected chi connectivity index (χ1v) is 3.30. The zero-order valence-electron chi connectivity index (χ0n) is 6.07. The Labute approximate surface area is 76.0 Å². The van der Waals surface area contributed by atoms with Crippen LogP contribution in [0.2, 0.25) is 0 Å². The van der Waals surface area contributed by atoms with E-state index in [9.17, 15) is 0 Å². The lowest BCUT2D eigenvalue weighted by molar-refractivity contribution is -0.00000205. The van der Waals surface area contributed by atoms with Gasteiger partial charge in [-0.05, 0) is 19.1 Å². The molecule has 0 aromatic heterocycles. The van der Waals surface area contributed by atoms with E-state index >= 15 is 0 Å². The molecule has 0 saturated heterocycles. The van der Waals surface area contributed by atoms with Gasteiger partial charge in [0.15, 0.2) is 0 Å². The van der Waals surface area contributed by atoms with E-state index in [1.807, 2.05) is 12.1 Å². The molecule has 4 N–H and O–H groups in total. The lowest BCUT2D eigenvalue weighted by Gasteiger charge is -1.88. The predicted octanol–water partition coefficient (Wildman–Crippen LogP) is 0.138. The van der Waals surface area contributed by atoms with Crippen molar-refractivity contribution in [3.63, 3.8) is 0 Å². The Hall–Kier alpha value is -0.0500. The highest BCUT2D eigenvalue weighted by atomic mass is 79.9. The van der Waals surface area contributed by atoms with Crippen molar-refractivity contribution in [1.29, 1.82) is 0 Å². The molecule has 0 unspecified atom stereocenters. The lowest BCUT2D eigenvalue weighted by Crippen LogP contribution is -3.00. The molecule has 1 aromatic carbocycles. The summed E-state index contributed by atoms with van der Waals surface area (Å²) in [5.74, 6) is 0. The fourth-order valence-electron chi connectivity index (χ4n) is 0.533. The maximum atomic E-state index is 3.35. The van der Waals surface area contributed by atoms with Gasteiger partial charge >= 0.3 is 0 Å². The van der Waals surface area contributed by atoms with Gasteiger partial charge in [-0.25, -0.2) is 0 Å². The quantitative estimate of drug-likeness (QED) is 0.651. The van der Waals surface area contributed by atoms with Crippen molar-refractivity contribution < 1.29 is 12.4 Å². The summed E-state index contributed by atoms with van der Waals surface area (Å²) in [5.41, 5.74) is 1.30. The molecule has 0 heterocycles. The standard InChI is InChI=1S/C7H7Br.ClH.H3N/c1-6-2-4-7(8)5-3-6;;/h2-5H,1H3;1H;1H3. The summed E-state index contributed by atoms with van der Waals surface area (Å²) < 4.78 is 1.14. The molecule has 0 aliphatic carbocycles. The molecular weight excluding hydrogens is 213 g/mol. The minimum absolute atomic E-state index is 0. The molecule has 0 amide bonds. The third-order valence-electron chi connectivity index (χ3n) is 1.01. The Kier molecular flexibility index (Phi) is 7.21. The highest BCUT2D eigenvalue weighted by Crippen LogP contribution is 2.08. The monoisotopic (exact) mass is 223 g/mol. The molecule has 1 rings (SSSR count). The molecule has 1 nitrogen and oxygen atoms in total. The third kappa shape index (κ3) is 3.88. The van der Waals surface area contributed by atoms with Crippen LogP contribution in [-0.4, -0.2) is 0 Å². The first-order chi connectivity index (χ1) is 3.79. The number of benzene rings is 1. The summed E-state index contributed by atoms with van der Waals surface area (Å²) in [5, 5.41) is 0. The number of quaternary nitrogens is 1. The zero-order chi connectivity index (χ0) is 5.98. The second-order valence-electron chi connectivity index (χ2n) is 1.80. The van der Waals surface area contributed by atoms with Gasteiger partial charge in [-0.3, -0.25) is 0 Å². The number of aryl methyl sites for hydroxylation is 1. The molecule has 0 aliphatic rings. The average Bonchev–Trinajstić information content (AvgIpc) is 1.77. The SMILES string of the molecule is Cc1ccc(Br)cc1.[Cl-].[NH4+]. The van der Waals surface area contributed by atoms with Crippen molar-refractivity contribution in [2.75, 3.05) is 0 Å². The molecular formula is C7H11BrClN. The molecule has 3 heteroatoms. The van der Waals surface area contributed by atoms with E-state index in [2.05, 4.69) is 35.0 Å². The van der Waals surface area contributed by atoms with Gasteiger partial charge in [0.1, 0.15) is 0 Å². The van der Waals surface area contributed by atoms with Gasteiger partial charge in [-0.1, -0.05) is 33.6 Å². The topological polar surface area (TPSA) is 36.5 Å². The largest absolute Gasteiger partial charge is 1.00 e. The molecule has 58 valence electrons. The van der Waals surface area contributed by atoms with E-state index < -0.39 is 0 Å². The van der Waals surface area contributed by atoms with E-state index in [0.717, 1.165) is 4.47 Å². The van der Waals surface area contributed by atoms with Crippen molar-refractivity contribution in [3.8, 4) is 0 Å². The van der Waals surface area contributed by atoms with E-state index in [4.69, 9.17) is 0 Å². The maximum absolute atomic E-state index is 3.35. The van der Waals surface area contributed by atoms with E-state index in [1.54, 1.807) is 0 Å². The molecule has 0 saturated carbocycles. The predicted molar refractivity (Wildman–Crippen MR) is 44.9 cm³/mol. The number of hydrogen-bond acceptors (Lipinski definition) is 0. The van der Waals surface area contributed by atoms with Crippen LogP contribution < -0.4 is 18.6 Å². The Morgan fingerprint density at radius 2 is 1.50 bits per heavy atom. The van der Waals surface area contributed by atoms with Crippen LogP contribution in [-0.2, 0) is 0 Å². The van der Waals surface area contributed by atoms with Crippen molar-refractivity contribution in [3.05, 3.63) is 34.3 Å². The number of hydrogen-bond donors (Lipinski definition) is 1. The summed E-state index contributed by atoms with van der Waals surface area (Å²) in [4.78, 5) is 0. The van der Waals surface area contributed by atoms with Gasteiger partial charge in [0.05, 0.1) is 0 Å². The molecule has 0 spiro atoms. The average molecular weight is 225 g/mol. The second kappa shape index (κ2) is 5.71. The summed E-state index contributed by atoms with van der Waals surface area (Å²) in [6, 6.07) is 8.22. The van der Waals surface area contributed by atoms with Crippen LogP contribution >= 0.6 is 15.9 Å². The van der Waals surface area contributed by atoms with Crippen LogP contribution in [0.25, 0.3) is 0 Å². The summed E-state index contributed by atoms with van der Waals surface area (Å²) >= 11 is 3.35. The van der Waals surface area contributed by atoms with E-state index in [1.165, 1.54) is 5.56 Å². The summed E-state index contributed by atoms with van der Waals surface area (Å²) in [6.45, 7) is 2.08. The Bertz CT molecular complexity index is 152. The van der Waals surface area contributed by atoms with Crippen molar-refractivity contribution in [2.45, 2.75) is 6.92 Å². The normalized spacial score (nSPS) is 7.40. The van der Waals surface area contributed by atoms with Crippen molar-refractivity contribution in [1.82, 2.24) is 6.15 Å². The molecule has 0 aliphatic heterocycles. The van der Waals surface area contributed by atoms with Gasteiger partial charge in [-0.2, -0.15) is 0 Å². The van der Waals surface area contributed by atoms with Crippen LogP contribution in [0, 0.1) is 6.92 Å². The Morgan fingerprint density at radius 3 is 1.80 bits per heavy atom. The maximum Gasteiger partial charge on any atom is 0.0175 e. The van der Waals surface area contributed by atoms with Crippen LogP contribution in [0.5, 0.6) is 0 Å². The second-order valence-corrected chi connectivity index (χ2v) is 2.71. The fourth-order valence-corrected chi connectivity index (χ4v) is 0.798.